The molecule has 0 aliphatic carbocycles. The van der Waals surface area contributed by atoms with Gasteiger partial charge in [-0.1, -0.05) is 5.16 Å². The molecule has 112 valence electrons. The van der Waals surface area contributed by atoms with Crippen LogP contribution in [0.4, 0.5) is 17.6 Å². The van der Waals surface area contributed by atoms with Gasteiger partial charge in [0.15, 0.2) is 5.84 Å². The topological polar surface area (TPSA) is 76.4 Å². The molecule has 9 heteroatoms. The minimum absolute atomic E-state index is 0.0838. The van der Waals surface area contributed by atoms with Crippen LogP contribution in [-0.4, -0.2) is 20.8 Å². The first-order valence-electron chi connectivity index (χ1n) is 5.66. The molecule has 0 atom stereocenters. The molecule has 0 unspecified atom stereocenters. The lowest BCUT2D eigenvalue weighted by atomic mass is 10.1. The number of nitrogens with two attached hydrogens (primary N) is 1. The number of rotatable bonds is 3. The van der Waals surface area contributed by atoms with E-state index < -0.39 is 17.6 Å². The lowest BCUT2D eigenvalue weighted by Gasteiger charge is -2.06. The molecule has 1 aromatic carbocycles. The minimum Gasteiger partial charge on any atom is -0.409 e. The molecule has 1 aromatic heterocycles. The van der Waals surface area contributed by atoms with Crippen molar-refractivity contribution >= 4 is 5.84 Å². The largest absolute Gasteiger partial charge is 0.419 e. The van der Waals surface area contributed by atoms with Gasteiger partial charge in [0.1, 0.15) is 5.82 Å². The fourth-order valence-corrected chi connectivity index (χ4v) is 1.73. The van der Waals surface area contributed by atoms with E-state index in [1.165, 1.54) is 6.07 Å². The zero-order valence-electron chi connectivity index (χ0n) is 10.5. The Balaban J connectivity index is 2.27. The van der Waals surface area contributed by atoms with E-state index in [0.29, 0.717) is 11.8 Å². The average molecular weight is 302 g/mol. The van der Waals surface area contributed by atoms with E-state index >= 15 is 0 Å². The van der Waals surface area contributed by atoms with E-state index in [1.807, 2.05) is 0 Å². The molecule has 0 saturated carbocycles. The van der Waals surface area contributed by atoms with Crippen molar-refractivity contribution in [3.63, 3.8) is 0 Å². The van der Waals surface area contributed by atoms with E-state index in [4.69, 9.17) is 10.9 Å². The van der Waals surface area contributed by atoms with Crippen molar-refractivity contribution in [3.8, 4) is 0 Å². The molecule has 0 bridgehead atoms. The molecule has 2 rings (SSSR count). The Bertz CT molecular complexity index is 678. The van der Waals surface area contributed by atoms with Crippen LogP contribution in [-0.2, 0) is 12.7 Å². The lowest BCUT2D eigenvalue weighted by molar-refractivity contribution is -0.137. The normalized spacial score (nSPS) is 12.7. The lowest BCUT2D eigenvalue weighted by Crippen LogP contribution is -2.14. The van der Waals surface area contributed by atoms with Gasteiger partial charge in [-0.2, -0.15) is 18.3 Å². The van der Waals surface area contributed by atoms with E-state index in [1.54, 1.807) is 0 Å². The predicted octanol–water partition coefficient (Wildman–Crippen LogP) is 2.18. The van der Waals surface area contributed by atoms with Gasteiger partial charge in [-0.15, -0.1) is 0 Å². The molecule has 2 aromatic rings. The molecule has 0 spiro atoms. The average Bonchev–Trinajstić information content (AvgIpc) is 2.85. The van der Waals surface area contributed by atoms with Gasteiger partial charge < -0.3 is 10.9 Å². The fourth-order valence-electron chi connectivity index (χ4n) is 1.73. The summed E-state index contributed by atoms with van der Waals surface area (Å²) in [5.41, 5.74) is 4.90. The Morgan fingerprint density at radius 3 is 2.62 bits per heavy atom. The van der Waals surface area contributed by atoms with Crippen LogP contribution in [0.5, 0.6) is 0 Å². The third kappa shape index (κ3) is 3.50. The van der Waals surface area contributed by atoms with Crippen LogP contribution in [0, 0.1) is 5.82 Å². The summed E-state index contributed by atoms with van der Waals surface area (Å²) in [6.07, 6.45) is -2.99. The van der Waals surface area contributed by atoms with Crippen LogP contribution < -0.4 is 5.73 Å². The van der Waals surface area contributed by atoms with Crippen molar-refractivity contribution < 1.29 is 22.8 Å². The quantitative estimate of drug-likeness (QED) is 0.300. The van der Waals surface area contributed by atoms with Gasteiger partial charge in [0.2, 0.25) is 0 Å². The molecule has 0 radical (unpaired) electrons. The summed E-state index contributed by atoms with van der Waals surface area (Å²) in [7, 11) is 0. The molecule has 0 aliphatic heterocycles. The van der Waals surface area contributed by atoms with Gasteiger partial charge in [0.25, 0.3) is 0 Å². The Labute approximate surface area is 116 Å². The first-order chi connectivity index (χ1) is 9.79. The smallest absolute Gasteiger partial charge is 0.409 e. The summed E-state index contributed by atoms with van der Waals surface area (Å²) in [6.45, 7) is -0.0838. The summed E-state index contributed by atoms with van der Waals surface area (Å²) in [6, 6.07) is 3.57. The highest BCUT2D eigenvalue weighted by atomic mass is 19.4. The van der Waals surface area contributed by atoms with E-state index in [0.717, 1.165) is 23.0 Å². The first-order valence-corrected chi connectivity index (χ1v) is 5.66. The van der Waals surface area contributed by atoms with Gasteiger partial charge in [0, 0.05) is 11.8 Å². The maximum absolute atomic E-state index is 13.4. The Morgan fingerprint density at radius 1 is 1.33 bits per heavy atom. The summed E-state index contributed by atoms with van der Waals surface area (Å²) < 4.78 is 51.8. The maximum Gasteiger partial charge on any atom is 0.419 e. The summed E-state index contributed by atoms with van der Waals surface area (Å²) >= 11 is 0. The van der Waals surface area contributed by atoms with Gasteiger partial charge in [-0.25, -0.2) is 4.39 Å². The van der Waals surface area contributed by atoms with Crippen LogP contribution in [0.15, 0.2) is 35.7 Å². The number of nitrogens with zero attached hydrogens (tertiary/aromatic N) is 3. The number of oxime groups is 1. The number of alkyl halides is 3. The zero-order chi connectivity index (χ0) is 15.6. The summed E-state index contributed by atoms with van der Waals surface area (Å²) in [4.78, 5) is 0. The van der Waals surface area contributed by atoms with Crippen LogP contribution in [0.1, 0.15) is 16.7 Å². The Hall–Kier alpha value is -2.58. The maximum atomic E-state index is 13.4. The van der Waals surface area contributed by atoms with Gasteiger partial charge in [-0.3, -0.25) is 4.68 Å². The minimum atomic E-state index is -4.49. The van der Waals surface area contributed by atoms with Crippen LogP contribution >= 0.6 is 0 Å². The molecule has 5 nitrogen and oxygen atoms in total. The number of hydrogen-bond acceptors (Lipinski definition) is 3. The summed E-state index contributed by atoms with van der Waals surface area (Å²) in [5, 5.41) is 14.9. The second-order valence-corrected chi connectivity index (χ2v) is 4.26. The standard InChI is InChI=1S/C12H10F4N4O/c13-10-2-7(1-8(3-10)11(17)19-21)5-20-6-9(4-18-20)12(14,15)16/h1-4,6,21H,5H2,(H2,17,19). The predicted molar refractivity (Wildman–Crippen MR) is 65.2 cm³/mol. The molecule has 1 heterocycles. The van der Waals surface area contributed by atoms with Crippen molar-refractivity contribution in [1.82, 2.24) is 9.78 Å². The van der Waals surface area contributed by atoms with Crippen LogP contribution in [0.3, 0.4) is 0 Å². The van der Waals surface area contributed by atoms with Crippen LogP contribution in [0.2, 0.25) is 0 Å². The molecule has 0 saturated heterocycles. The number of benzene rings is 1. The highest BCUT2D eigenvalue weighted by Gasteiger charge is 2.32. The van der Waals surface area contributed by atoms with Crippen molar-refractivity contribution in [2.24, 2.45) is 10.9 Å². The van der Waals surface area contributed by atoms with Crippen molar-refractivity contribution in [1.29, 1.82) is 0 Å². The highest BCUT2D eigenvalue weighted by Crippen LogP contribution is 2.28. The summed E-state index contributed by atoms with van der Waals surface area (Å²) in [5.74, 6) is -0.954. The van der Waals surface area contributed by atoms with E-state index in [9.17, 15) is 17.6 Å². The fraction of sp³-hybridized carbons (Fsp3) is 0.167. The van der Waals surface area contributed by atoms with Gasteiger partial charge >= 0.3 is 6.18 Å². The van der Waals surface area contributed by atoms with Gasteiger partial charge in [0.05, 0.1) is 18.3 Å². The zero-order valence-corrected chi connectivity index (χ0v) is 10.5. The number of amidine groups is 1. The number of aromatic nitrogens is 2. The monoisotopic (exact) mass is 302 g/mol. The van der Waals surface area contributed by atoms with Crippen molar-refractivity contribution in [2.45, 2.75) is 12.7 Å². The van der Waals surface area contributed by atoms with E-state index in [-0.39, 0.29) is 17.9 Å². The molecule has 0 amide bonds. The van der Waals surface area contributed by atoms with Crippen molar-refractivity contribution in [3.05, 3.63) is 53.1 Å². The first kappa shape index (κ1) is 14.8. The number of halogens is 4. The molecular formula is C12H10F4N4O. The van der Waals surface area contributed by atoms with Gasteiger partial charge in [-0.05, 0) is 23.8 Å². The second-order valence-electron chi connectivity index (χ2n) is 4.26. The number of hydrogen-bond donors (Lipinski definition) is 2. The molecule has 21 heavy (non-hydrogen) atoms. The SMILES string of the molecule is N/C(=N/O)c1cc(F)cc(Cn2cc(C(F)(F)F)cn2)c1. The Morgan fingerprint density at radius 2 is 2.05 bits per heavy atom. The van der Waals surface area contributed by atoms with Crippen LogP contribution in [0.25, 0.3) is 0 Å². The molecule has 0 aliphatic rings. The molecular weight excluding hydrogens is 292 g/mol. The molecule has 0 fully saturated rings. The highest BCUT2D eigenvalue weighted by molar-refractivity contribution is 5.97. The Kier molecular flexibility index (Phi) is 3.83. The third-order valence-corrected chi connectivity index (χ3v) is 2.67. The van der Waals surface area contributed by atoms with E-state index in [2.05, 4.69) is 10.3 Å². The third-order valence-electron chi connectivity index (χ3n) is 2.67. The second kappa shape index (κ2) is 5.43. The van der Waals surface area contributed by atoms with Crippen molar-refractivity contribution in [2.75, 3.05) is 0 Å². The molecule has 3 N–H and O–H groups in total.